The smallest absolute Gasteiger partial charge is 0.490 e. The molecular formula is C22H28F3N4O2Pt-3. The summed E-state index contributed by atoms with van der Waals surface area (Å²) in [5.41, 5.74) is 2.13. The van der Waals surface area contributed by atoms with Crippen LogP contribution >= 0.6 is 0 Å². The van der Waals surface area contributed by atoms with E-state index in [2.05, 4.69) is 95.8 Å². The molecule has 6 nitrogen and oxygen atoms in total. The van der Waals surface area contributed by atoms with Gasteiger partial charge in [0.15, 0.2) is 0 Å². The van der Waals surface area contributed by atoms with E-state index in [1.165, 1.54) is 25.7 Å². The molecule has 0 radical (unpaired) electrons. The molecule has 0 fully saturated rings. The molecule has 0 saturated carbocycles. The number of aliphatic carboxylic acids is 1. The predicted octanol–water partition coefficient (Wildman–Crippen LogP) is 5.14. The Kier molecular flexibility index (Phi) is 11.7. The first-order valence-electron chi connectivity index (χ1n) is 10.2. The third-order valence-electron chi connectivity index (χ3n) is 4.49. The molecule has 3 rings (SSSR count). The van der Waals surface area contributed by atoms with Crippen LogP contribution in [0, 0.1) is 19.4 Å². The molecule has 0 aliphatic carbocycles. The molecule has 10 heteroatoms. The van der Waals surface area contributed by atoms with Gasteiger partial charge in [-0.15, -0.1) is 29.6 Å². The van der Waals surface area contributed by atoms with Gasteiger partial charge in [0.25, 0.3) is 0 Å². The van der Waals surface area contributed by atoms with E-state index in [0.717, 1.165) is 24.5 Å². The van der Waals surface area contributed by atoms with Gasteiger partial charge in [-0.3, -0.25) is 0 Å². The Morgan fingerprint density at radius 2 is 1.34 bits per heavy atom. The maximum absolute atomic E-state index is 10.6. The van der Waals surface area contributed by atoms with E-state index in [1.54, 1.807) is 0 Å². The first-order chi connectivity index (χ1) is 14.7. The molecule has 1 N–H and O–H groups in total. The average Bonchev–Trinajstić information content (AvgIpc) is 3.40. The molecule has 2 heterocycles. The molecule has 0 atom stereocenters. The van der Waals surface area contributed by atoms with E-state index in [4.69, 9.17) is 9.90 Å². The minimum absolute atomic E-state index is 0. The molecule has 0 amide bonds. The van der Waals surface area contributed by atoms with Crippen molar-refractivity contribution >= 4 is 17.3 Å². The number of carboxylic acids is 1. The van der Waals surface area contributed by atoms with Gasteiger partial charge < -0.3 is 24.7 Å². The molecule has 2 aliphatic heterocycles. The molecule has 32 heavy (non-hydrogen) atoms. The van der Waals surface area contributed by atoms with Crippen LogP contribution in [0.25, 0.3) is 0 Å². The number of nitrogens with zero attached hydrogens (tertiary/aromatic N) is 4. The fourth-order valence-corrected chi connectivity index (χ4v) is 2.77. The maximum Gasteiger partial charge on any atom is 0.490 e. The zero-order valence-electron chi connectivity index (χ0n) is 18.0. The molecule has 0 spiro atoms. The van der Waals surface area contributed by atoms with Gasteiger partial charge in [-0.05, 0) is 50.7 Å². The maximum atomic E-state index is 10.6. The van der Waals surface area contributed by atoms with Crippen LogP contribution in [-0.4, -0.2) is 40.1 Å². The van der Waals surface area contributed by atoms with Gasteiger partial charge in [-0.1, -0.05) is 26.7 Å². The molecule has 0 saturated heterocycles. The van der Waals surface area contributed by atoms with E-state index in [0.29, 0.717) is 0 Å². The van der Waals surface area contributed by atoms with Crippen molar-refractivity contribution in [3.8, 4) is 0 Å². The Morgan fingerprint density at radius 3 is 1.69 bits per heavy atom. The van der Waals surface area contributed by atoms with Gasteiger partial charge >= 0.3 is 12.1 Å². The van der Waals surface area contributed by atoms with Crippen molar-refractivity contribution in [2.24, 2.45) is 0 Å². The largest absolute Gasteiger partial charge is 0.508 e. The number of unbranched alkanes of at least 4 members (excludes halogenated alkanes) is 2. The first kappa shape index (κ1) is 27.9. The summed E-state index contributed by atoms with van der Waals surface area (Å²) < 4.78 is 31.7. The second kappa shape index (κ2) is 13.4. The van der Waals surface area contributed by atoms with Crippen molar-refractivity contribution in [1.82, 2.24) is 9.80 Å². The minimum atomic E-state index is -5.08. The van der Waals surface area contributed by atoms with Crippen LogP contribution in [0.1, 0.15) is 39.5 Å². The first-order valence-corrected chi connectivity index (χ1v) is 10.2. The van der Waals surface area contributed by atoms with Crippen LogP contribution in [0.3, 0.4) is 0 Å². The van der Waals surface area contributed by atoms with Crippen molar-refractivity contribution in [2.75, 3.05) is 22.9 Å². The zero-order chi connectivity index (χ0) is 22.9. The topological polar surface area (TPSA) is 50.3 Å². The molecule has 1 aromatic carbocycles. The Balaban J connectivity index is 0.000000558. The summed E-state index contributed by atoms with van der Waals surface area (Å²) in [4.78, 5) is 17.6. The van der Waals surface area contributed by atoms with Crippen molar-refractivity contribution in [3.05, 3.63) is 62.4 Å². The normalized spacial score (nSPS) is 15.0. The van der Waals surface area contributed by atoms with Crippen LogP contribution in [0.5, 0.6) is 0 Å². The van der Waals surface area contributed by atoms with E-state index >= 15 is 0 Å². The fraction of sp³-hybridized carbons (Fsp3) is 0.409. The summed E-state index contributed by atoms with van der Waals surface area (Å²) in [6, 6.07) is 9.81. The Hall–Kier alpha value is -2.15. The molecule has 0 bridgehead atoms. The van der Waals surface area contributed by atoms with E-state index in [1.807, 2.05) is 0 Å². The van der Waals surface area contributed by atoms with Crippen molar-refractivity contribution in [3.63, 3.8) is 0 Å². The molecule has 2 aliphatic rings. The number of anilines is 2. The van der Waals surface area contributed by atoms with Crippen LogP contribution in [0.4, 0.5) is 24.5 Å². The van der Waals surface area contributed by atoms with Gasteiger partial charge in [0, 0.05) is 21.1 Å². The minimum Gasteiger partial charge on any atom is -0.508 e. The van der Waals surface area contributed by atoms with Crippen molar-refractivity contribution < 1.29 is 44.1 Å². The van der Waals surface area contributed by atoms with Gasteiger partial charge in [0.05, 0.1) is 0 Å². The van der Waals surface area contributed by atoms with E-state index in [-0.39, 0.29) is 21.1 Å². The molecule has 182 valence electrons. The molecule has 0 aromatic heterocycles. The molecular weight excluding hydrogens is 604 g/mol. The quantitative estimate of drug-likeness (QED) is 0.401. The molecule has 1 aromatic rings. The standard InChI is InChI=1S/C20H27N4.C2HF3O2.Pt/c1-3-5-10-21-12-14-23(17-21)19-8-7-9-20(16-19)24-15-13-22(18-24)11-6-4-2;3-2(4,5)1(6)7;/h7-9,12-15,17-18H,3-6,10-11H2,1-2H3;(H,6,7);/q-3;;. The number of alkyl halides is 3. The third kappa shape index (κ3) is 8.77. The number of benzene rings is 1. The summed E-state index contributed by atoms with van der Waals surface area (Å²) in [5, 5.41) is 7.12. The zero-order valence-corrected chi connectivity index (χ0v) is 20.3. The number of hydrogen-bond acceptors (Lipinski definition) is 5. The van der Waals surface area contributed by atoms with Gasteiger partial charge in [-0.2, -0.15) is 32.6 Å². The van der Waals surface area contributed by atoms with Crippen LogP contribution < -0.4 is 9.80 Å². The number of carbonyl (C=O) groups is 1. The van der Waals surface area contributed by atoms with Gasteiger partial charge in [-0.25, -0.2) is 4.79 Å². The van der Waals surface area contributed by atoms with Crippen LogP contribution in [0.15, 0.2) is 43.0 Å². The van der Waals surface area contributed by atoms with E-state index < -0.39 is 12.1 Å². The van der Waals surface area contributed by atoms with Crippen molar-refractivity contribution in [1.29, 1.82) is 0 Å². The third-order valence-corrected chi connectivity index (χ3v) is 4.49. The van der Waals surface area contributed by atoms with Crippen molar-refractivity contribution in [2.45, 2.75) is 45.7 Å². The Morgan fingerprint density at radius 1 is 0.938 bits per heavy atom. The Labute approximate surface area is 202 Å². The Bertz CT molecular complexity index is 727. The number of halogens is 3. The SMILES string of the molecule is CCCCN1C=CN(c2[c-]c(N3C=CN(CCCC)[CH-]3)ccc2)[CH-]1.O=C(O)C(F)(F)F.[Pt]. The van der Waals surface area contributed by atoms with Crippen LogP contribution in [-0.2, 0) is 25.9 Å². The summed E-state index contributed by atoms with van der Waals surface area (Å²) in [6.45, 7) is 10.9. The van der Waals surface area contributed by atoms with Gasteiger partial charge in [0.2, 0.25) is 0 Å². The number of carboxylic acid groups (broad SMARTS) is 1. The predicted molar refractivity (Wildman–Crippen MR) is 114 cm³/mol. The van der Waals surface area contributed by atoms with E-state index in [9.17, 15) is 13.2 Å². The number of hydrogen-bond donors (Lipinski definition) is 1. The fourth-order valence-electron chi connectivity index (χ4n) is 2.77. The summed E-state index contributed by atoms with van der Waals surface area (Å²) in [7, 11) is 0. The monoisotopic (exact) mass is 632 g/mol. The second-order valence-corrected chi connectivity index (χ2v) is 7.05. The molecule has 0 unspecified atom stereocenters. The average molecular weight is 633 g/mol. The number of rotatable bonds is 8. The summed E-state index contributed by atoms with van der Waals surface area (Å²) >= 11 is 0. The summed E-state index contributed by atoms with van der Waals surface area (Å²) in [6.07, 6.45) is 8.22. The van der Waals surface area contributed by atoms with Gasteiger partial charge in [0.1, 0.15) is 0 Å². The second-order valence-electron chi connectivity index (χ2n) is 7.05. The summed E-state index contributed by atoms with van der Waals surface area (Å²) in [5.74, 6) is -2.76. The van der Waals surface area contributed by atoms with Crippen LogP contribution in [0.2, 0.25) is 0 Å².